The molecule has 1 heterocycles. The van der Waals surface area contributed by atoms with Gasteiger partial charge in [-0.2, -0.15) is 0 Å². The molecule has 1 amide bonds. The number of allylic oxidation sites excluding steroid dienone is 1. The zero-order valence-electron chi connectivity index (χ0n) is 14.2. The molecule has 1 aromatic rings. The van der Waals surface area contributed by atoms with E-state index in [9.17, 15) is 9.59 Å². The van der Waals surface area contributed by atoms with E-state index in [1.165, 1.54) is 7.11 Å². The minimum Gasteiger partial charge on any atom is -0.468 e. The number of esters is 1. The fourth-order valence-electron chi connectivity index (χ4n) is 2.66. The van der Waals surface area contributed by atoms with Gasteiger partial charge in [0.05, 0.1) is 7.11 Å². The molecule has 0 fully saturated rings. The highest BCUT2D eigenvalue weighted by molar-refractivity contribution is 14.1. The van der Waals surface area contributed by atoms with Crippen molar-refractivity contribution in [1.29, 1.82) is 0 Å². The van der Waals surface area contributed by atoms with E-state index in [1.807, 2.05) is 36.4 Å². The van der Waals surface area contributed by atoms with Crippen LogP contribution in [0.3, 0.4) is 0 Å². The average molecular weight is 565 g/mol. The number of amides is 1. The highest BCUT2D eigenvalue weighted by atomic mass is 127. The van der Waals surface area contributed by atoms with E-state index in [0.29, 0.717) is 0 Å². The van der Waals surface area contributed by atoms with Gasteiger partial charge in [-0.05, 0) is 41.0 Å². The van der Waals surface area contributed by atoms with Crippen molar-refractivity contribution in [3.8, 4) is 0 Å². The van der Waals surface area contributed by atoms with E-state index in [2.05, 4.69) is 57.4 Å². The monoisotopic (exact) mass is 565 g/mol. The summed E-state index contributed by atoms with van der Waals surface area (Å²) in [6.07, 6.45) is 6.42. The Morgan fingerprint density at radius 1 is 1.36 bits per heavy atom. The number of benzene rings is 1. The third-order valence-electron chi connectivity index (χ3n) is 4.11. The molecule has 1 aromatic carbocycles. The Bertz CT molecular complexity index is 700. The van der Waals surface area contributed by atoms with Crippen molar-refractivity contribution in [2.24, 2.45) is 5.92 Å². The van der Waals surface area contributed by atoms with Crippen molar-refractivity contribution in [1.82, 2.24) is 5.32 Å². The molecular formula is C19H21I2NO3. The molecule has 0 spiro atoms. The predicted octanol–water partition coefficient (Wildman–Crippen LogP) is 4.63. The summed E-state index contributed by atoms with van der Waals surface area (Å²) in [7, 11) is 1.36. The third-order valence-corrected chi connectivity index (χ3v) is 6.86. The van der Waals surface area contributed by atoms with Crippen LogP contribution in [0.2, 0.25) is 0 Å². The number of carbonyl (C=O) groups is 2. The van der Waals surface area contributed by atoms with Crippen molar-refractivity contribution < 1.29 is 14.3 Å². The van der Waals surface area contributed by atoms with Gasteiger partial charge in [-0.25, -0.2) is 0 Å². The van der Waals surface area contributed by atoms with Crippen LogP contribution >= 0.6 is 45.2 Å². The Kier molecular flexibility index (Phi) is 7.48. The van der Waals surface area contributed by atoms with Crippen molar-refractivity contribution in [2.45, 2.75) is 29.6 Å². The highest BCUT2D eigenvalue weighted by Gasteiger charge is 2.51. The maximum absolute atomic E-state index is 12.9. The molecule has 4 nitrogen and oxygen atoms in total. The van der Waals surface area contributed by atoms with Crippen LogP contribution < -0.4 is 5.32 Å². The summed E-state index contributed by atoms with van der Waals surface area (Å²) < 4.78 is 4.84. The van der Waals surface area contributed by atoms with E-state index >= 15 is 0 Å². The second-order valence-electron chi connectivity index (χ2n) is 5.85. The van der Waals surface area contributed by atoms with Crippen LogP contribution in [0.4, 0.5) is 0 Å². The van der Waals surface area contributed by atoms with Crippen LogP contribution in [0.15, 0.2) is 45.7 Å². The minimum absolute atomic E-state index is 0.179. The summed E-state index contributed by atoms with van der Waals surface area (Å²) in [5, 5.41) is 3.00. The molecule has 134 valence electrons. The van der Waals surface area contributed by atoms with Crippen LogP contribution in [0.5, 0.6) is 0 Å². The highest BCUT2D eigenvalue weighted by Crippen LogP contribution is 2.44. The first-order chi connectivity index (χ1) is 11.9. The normalized spacial score (nSPS) is 23.7. The Labute approximate surface area is 175 Å². The predicted molar refractivity (Wildman–Crippen MR) is 116 cm³/mol. The number of unbranched alkanes of at least 4 members (excludes halogenated alkanes) is 1. The van der Waals surface area contributed by atoms with Gasteiger partial charge < -0.3 is 10.1 Å². The van der Waals surface area contributed by atoms with Gasteiger partial charge in [-0.1, -0.05) is 78.4 Å². The quantitative estimate of drug-likeness (QED) is 0.311. The molecule has 0 aliphatic carbocycles. The van der Waals surface area contributed by atoms with Crippen LogP contribution in [0, 0.1) is 5.92 Å². The van der Waals surface area contributed by atoms with Gasteiger partial charge in [-0.3, -0.25) is 9.59 Å². The molecule has 2 atom stereocenters. The van der Waals surface area contributed by atoms with Gasteiger partial charge in [0.15, 0.2) is 0 Å². The van der Waals surface area contributed by atoms with E-state index in [0.717, 1.165) is 34.1 Å². The lowest BCUT2D eigenvalue weighted by molar-refractivity contribution is -0.146. The number of alkyl halides is 1. The SMILES string of the molecule is CCCCC1=C(I)C(C(=O)OC)C(I)(/C=C/c2ccccc2)C(=O)N1. The second-order valence-corrected chi connectivity index (χ2v) is 8.80. The van der Waals surface area contributed by atoms with Gasteiger partial charge in [0.2, 0.25) is 5.91 Å². The smallest absolute Gasteiger partial charge is 0.315 e. The summed E-state index contributed by atoms with van der Waals surface area (Å²) in [4.78, 5) is 25.4. The topological polar surface area (TPSA) is 55.4 Å². The standard InChI is InChI=1S/C19H21I2NO3/c1-3-4-10-14-16(20)15(17(23)25-2)19(21,18(24)22-14)12-11-13-8-6-5-7-9-13/h5-9,11-12,15H,3-4,10H2,1-2H3,(H,22,24)/b12-11+. The van der Waals surface area contributed by atoms with Gasteiger partial charge >= 0.3 is 5.97 Å². The Morgan fingerprint density at radius 3 is 2.64 bits per heavy atom. The van der Waals surface area contributed by atoms with Crippen molar-refractivity contribution >= 4 is 63.1 Å². The zero-order valence-corrected chi connectivity index (χ0v) is 18.5. The molecule has 1 aliphatic rings. The number of carbonyl (C=O) groups excluding carboxylic acids is 2. The molecule has 0 aromatic heterocycles. The molecule has 0 saturated carbocycles. The first-order valence-corrected chi connectivity index (χ1v) is 10.3. The molecule has 2 rings (SSSR count). The molecule has 0 saturated heterocycles. The molecule has 1 N–H and O–H groups in total. The summed E-state index contributed by atoms with van der Waals surface area (Å²) >= 11 is 4.24. The van der Waals surface area contributed by atoms with Gasteiger partial charge in [0.1, 0.15) is 9.34 Å². The maximum atomic E-state index is 12.9. The second kappa shape index (κ2) is 9.16. The lowest BCUT2D eigenvalue weighted by Gasteiger charge is -2.36. The Morgan fingerprint density at radius 2 is 2.04 bits per heavy atom. The molecule has 0 radical (unpaired) electrons. The number of ether oxygens (including phenoxy) is 1. The summed E-state index contributed by atoms with van der Waals surface area (Å²) in [6.45, 7) is 2.10. The zero-order chi connectivity index (χ0) is 18.4. The number of halogens is 2. The molecule has 1 aliphatic heterocycles. The number of hydrogen-bond acceptors (Lipinski definition) is 3. The molecule has 0 bridgehead atoms. The van der Waals surface area contributed by atoms with Crippen LogP contribution in [-0.2, 0) is 14.3 Å². The minimum atomic E-state index is -1.02. The molecular weight excluding hydrogens is 544 g/mol. The Balaban J connectivity index is 2.43. The van der Waals surface area contributed by atoms with Crippen molar-refractivity contribution in [2.75, 3.05) is 7.11 Å². The summed E-state index contributed by atoms with van der Waals surface area (Å²) in [5.74, 6) is -1.21. The summed E-state index contributed by atoms with van der Waals surface area (Å²) in [6, 6.07) is 9.72. The van der Waals surface area contributed by atoms with Crippen LogP contribution in [0.25, 0.3) is 6.08 Å². The molecule has 25 heavy (non-hydrogen) atoms. The van der Waals surface area contributed by atoms with E-state index in [1.54, 1.807) is 6.08 Å². The fourth-order valence-corrected chi connectivity index (χ4v) is 5.29. The number of methoxy groups -OCH3 is 1. The van der Waals surface area contributed by atoms with Gasteiger partial charge in [0.25, 0.3) is 0 Å². The number of hydrogen-bond donors (Lipinski definition) is 1. The largest absolute Gasteiger partial charge is 0.468 e. The fraction of sp³-hybridized carbons (Fsp3) is 0.368. The van der Waals surface area contributed by atoms with Gasteiger partial charge in [0, 0.05) is 9.28 Å². The first kappa shape index (κ1) is 20.4. The molecule has 2 unspecified atom stereocenters. The lowest BCUT2D eigenvalue weighted by Crippen LogP contribution is -2.53. The van der Waals surface area contributed by atoms with Gasteiger partial charge in [-0.15, -0.1) is 0 Å². The van der Waals surface area contributed by atoms with E-state index < -0.39 is 9.34 Å². The number of nitrogens with one attached hydrogen (secondary N) is 1. The lowest BCUT2D eigenvalue weighted by atomic mass is 9.86. The van der Waals surface area contributed by atoms with Crippen LogP contribution in [0.1, 0.15) is 31.7 Å². The van der Waals surface area contributed by atoms with E-state index in [-0.39, 0.29) is 11.9 Å². The Hall–Kier alpha value is -0.900. The van der Waals surface area contributed by atoms with Crippen molar-refractivity contribution in [3.63, 3.8) is 0 Å². The van der Waals surface area contributed by atoms with Crippen LogP contribution in [-0.4, -0.2) is 22.4 Å². The average Bonchev–Trinajstić information content (AvgIpc) is 2.63. The molecule has 6 heteroatoms. The third kappa shape index (κ3) is 4.64. The van der Waals surface area contributed by atoms with Crippen molar-refractivity contribution in [3.05, 3.63) is 51.2 Å². The van der Waals surface area contributed by atoms with E-state index in [4.69, 9.17) is 4.74 Å². The maximum Gasteiger partial charge on any atom is 0.315 e. The summed E-state index contributed by atoms with van der Waals surface area (Å²) in [5.41, 5.74) is 1.81. The first-order valence-electron chi connectivity index (χ1n) is 8.15. The number of rotatable bonds is 6.